The Bertz CT molecular complexity index is 316. The van der Waals surface area contributed by atoms with Crippen LogP contribution in [-0.2, 0) is 16.1 Å². The molecule has 2 rings (SSSR count). The van der Waals surface area contributed by atoms with Crippen LogP contribution in [0.4, 0.5) is 0 Å². The van der Waals surface area contributed by atoms with Crippen molar-refractivity contribution in [3.05, 3.63) is 42.0 Å². The van der Waals surface area contributed by atoms with Crippen LogP contribution < -0.4 is 0 Å². The fourth-order valence-corrected chi connectivity index (χ4v) is 1.28. The second-order valence-electron chi connectivity index (χ2n) is 3.42. The second kappa shape index (κ2) is 4.40. The quantitative estimate of drug-likeness (QED) is 0.664. The van der Waals surface area contributed by atoms with Gasteiger partial charge in [-0.25, -0.2) is 0 Å². The SMILES string of the molecule is C=Cc1cccc(COCC2CO2)c1. The van der Waals surface area contributed by atoms with Crippen LogP contribution >= 0.6 is 0 Å². The van der Waals surface area contributed by atoms with Gasteiger partial charge in [0.1, 0.15) is 6.10 Å². The molecule has 0 spiro atoms. The average molecular weight is 190 g/mol. The molecule has 0 amide bonds. The predicted octanol–water partition coefficient (Wildman–Crippen LogP) is 2.25. The molecule has 1 aromatic rings. The van der Waals surface area contributed by atoms with Crippen LogP contribution in [0.2, 0.25) is 0 Å². The molecule has 0 aliphatic carbocycles. The van der Waals surface area contributed by atoms with E-state index in [4.69, 9.17) is 9.47 Å². The highest BCUT2D eigenvalue weighted by atomic mass is 16.6. The minimum absolute atomic E-state index is 0.345. The summed E-state index contributed by atoms with van der Waals surface area (Å²) in [6, 6.07) is 8.19. The first-order chi connectivity index (χ1) is 6.88. The molecule has 1 atom stereocenters. The summed E-state index contributed by atoms with van der Waals surface area (Å²) < 4.78 is 10.5. The van der Waals surface area contributed by atoms with E-state index in [0.29, 0.717) is 19.3 Å². The largest absolute Gasteiger partial charge is 0.374 e. The Morgan fingerprint density at radius 3 is 3.14 bits per heavy atom. The number of hydrogen-bond donors (Lipinski definition) is 0. The summed E-state index contributed by atoms with van der Waals surface area (Å²) in [7, 11) is 0. The smallest absolute Gasteiger partial charge is 0.104 e. The van der Waals surface area contributed by atoms with E-state index in [1.807, 2.05) is 18.2 Å². The maximum absolute atomic E-state index is 5.48. The molecule has 1 aliphatic heterocycles. The Balaban J connectivity index is 1.84. The van der Waals surface area contributed by atoms with Crippen molar-refractivity contribution in [1.29, 1.82) is 0 Å². The highest BCUT2D eigenvalue weighted by Crippen LogP contribution is 2.11. The molecule has 1 heterocycles. The van der Waals surface area contributed by atoms with Gasteiger partial charge in [0.2, 0.25) is 0 Å². The zero-order valence-electron chi connectivity index (χ0n) is 8.11. The van der Waals surface area contributed by atoms with Crippen molar-refractivity contribution in [3.8, 4) is 0 Å². The third kappa shape index (κ3) is 2.69. The Morgan fingerprint density at radius 1 is 1.57 bits per heavy atom. The van der Waals surface area contributed by atoms with Gasteiger partial charge in [-0.2, -0.15) is 0 Å². The highest BCUT2D eigenvalue weighted by Gasteiger charge is 2.22. The first-order valence-corrected chi connectivity index (χ1v) is 4.79. The molecule has 74 valence electrons. The molecule has 2 heteroatoms. The van der Waals surface area contributed by atoms with E-state index in [2.05, 4.69) is 18.7 Å². The molecule has 0 bridgehead atoms. The van der Waals surface area contributed by atoms with Gasteiger partial charge in [-0.1, -0.05) is 30.9 Å². The summed E-state index contributed by atoms with van der Waals surface area (Å²) in [4.78, 5) is 0. The summed E-state index contributed by atoms with van der Waals surface area (Å²) in [5.74, 6) is 0. The summed E-state index contributed by atoms with van der Waals surface area (Å²) in [5.41, 5.74) is 2.32. The first kappa shape index (κ1) is 9.44. The third-order valence-electron chi connectivity index (χ3n) is 2.16. The van der Waals surface area contributed by atoms with Gasteiger partial charge < -0.3 is 9.47 Å². The predicted molar refractivity (Wildman–Crippen MR) is 55.9 cm³/mol. The standard InChI is InChI=1S/C12H14O2/c1-2-10-4-3-5-11(6-10)7-13-8-12-9-14-12/h2-6,12H,1,7-9H2. The van der Waals surface area contributed by atoms with Crippen molar-refractivity contribution >= 4 is 6.08 Å². The van der Waals surface area contributed by atoms with Gasteiger partial charge in [-0.3, -0.25) is 0 Å². The Morgan fingerprint density at radius 2 is 2.43 bits per heavy atom. The summed E-state index contributed by atoms with van der Waals surface area (Å²) >= 11 is 0. The van der Waals surface area contributed by atoms with Gasteiger partial charge in [0.05, 0.1) is 19.8 Å². The first-order valence-electron chi connectivity index (χ1n) is 4.79. The van der Waals surface area contributed by atoms with Gasteiger partial charge >= 0.3 is 0 Å². The van der Waals surface area contributed by atoms with Crippen LogP contribution in [0.3, 0.4) is 0 Å². The fourth-order valence-electron chi connectivity index (χ4n) is 1.28. The molecule has 1 aliphatic rings. The maximum atomic E-state index is 5.48. The van der Waals surface area contributed by atoms with Gasteiger partial charge in [0.25, 0.3) is 0 Å². The summed E-state index contributed by atoms with van der Waals surface area (Å²) in [5, 5.41) is 0. The van der Waals surface area contributed by atoms with Gasteiger partial charge in [0.15, 0.2) is 0 Å². The van der Waals surface area contributed by atoms with E-state index in [1.165, 1.54) is 5.56 Å². The number of benzene rings is 1. The van der Waals surface area contributed by atoms with Crippen molar-refractivity contribution in [3.63, 3.8) is 0 Å². The lowest BCUT2D eigenvalue weighted by molar-refractivity contribution is 0.104. The molecule has 0 radical (unpaired) electrons. The number of rotatable bonds is 5. The lowest BCUT2D eigenvalue weighted by Gasteiger charge is -2.03. The molecule has 1 saturated heterocycles. The van der Waals surface area contributed by atoms with Crippen LogP contribution in [0.5, 0.6) is 0 Å². The maximum Gasteiger partial charge on any atom is 0.104 e. The minimum Gasteiger partial charge on any atom is -0.374 e. The van der Waals surface area contributed by atoms with E-state index in [1.54, 1.807) is 0 Å². The van der Waals surface area contributed by atoms with Crippen LogP contribution in [0.1, 0.15) is 11.1 Å². The van der Waals surface area contributed by atoms with E-state index in [9.17, 15) is 0 Å². The molecular formula is C12H14O2. The van der Waals surface area contributed by atoms with Gasteiger partial charge in [-0.15, -0.1) is 0 Å². The fraction of sp³-hybridized carbons (Fsp3) is 0.333. The van der Waals surface area contributed by atoms with Gasteiger partial charge in [0, 0.05) is 0 Å². The van der Waals surface area contributed by atoms with Crippen molar-refractivity contribution in [1.82, 2.24) is 0 Å². The van der Waals surface area contributed by atoms with Gasteiger partial charge in [-0.05, 0) is 17.2 Å². The zero-order chi connectivity index (χ0) is 9.80. The molecule has 14 heavy (non-hydrogen) atoms. The Kier molecular flexibility index (Phi) is 2.96. The van der Waals surface area contributed by atoms with E-state index < -0.39 is 0 Å². The van der Waals surface area contributed by atoms with Crippen molar-refractivity contribution in [2.24, 2.45) is 0 Å². The molecule has 1 unspecified atom stereocenters. The lowest BCUT2D eigenvalue weighted by atomic mass is 10.1. The van der Waals surface area contributed by atoms with Crippen LogP contribution in [0.15, 0.2) is 30.8 Å². The van der Waals surface area contributed by atoms with Crippen molar-refractivity contribution < 1.29 is 9.47 Å². The third-order valence-corrected chi connectivity index (χ3v) is 2.16. The molecule has 0 saturated carbocycles. The zero-order valence-corrected chi connectivity index (χ0v) is 8.11. The number of epoxide rings is 1. The molecule has 0 N–H and O–H groups in total. The van der Waals surface area contributed by atoms with E-state index in [-0.39, 0.29) is 0 Å². The molecule has 1 fully saturated rings. The minimum atomic E-state index is 0.345. The summed E-state index contributed by atoms with van der Waals surface area (Å²) in [6.45, 7) is 5.94. The Labute approximate surface area is 84.2 Å². The number of hydrogen-bond acceptors (Lipinski definition) is 2. The second-order valence-corrected chi connectivity index (χ2v) is 3.42. The van der Waals surface area contributed by atoms with E-state index in [0.717, 1.165) is 12.2 Å². The number of ether oxygens (including phenoxy) is 2. The topological polar surface area (TPSA) is 21.8 Å². The molecule has 1 aromatic carbocycles. The molecule has 0 aromatic heterocycles. The Hall–Kier alpha value is -1.12. The monoisotopic (exact) mass is 190 g/mol. The van der Waals surface area contributed by atoms with E-state index >= 15 is 0 Å². The average Bonchev–Trinajstić information content (AvgIpc) is 3.02. The lowest BCUT2D eigenvalue weighted by Crippen LogP contribution is -2.01. The van der Waals surface area contributed by atoms with Crippen molar-refractivity contribution in [2.75, 3.05) is 13.2 Å². The molecule has 2 nitrogen and oxygen atoms in total. The normalized spacial score (nSPS) is 19.3. The van der Waals surface area contributed by atoms with Crippen LogP contribution in [0, 0.1) is 0 Å². The van der Waals surface area contributed by atoms with Crippen LogP contribution in [0.25, 0.3) is 6.08 Å². The highest BCUT2D eigenvalue weighted by molar-refractivity contribution is 5.47. The molecular weight excluding hydrogens is 176 g/mol. The van der Waals surface area contributed by atoms with Crippen molar-refractivity contribution in [2.45, 2.75) is 12.7 Å². The van der Waals surface area contributed by atoms with Crippen LogP contribution in [-0.4, -0.2) is 19.3 Å². The summed E-state index contributed by atoms with van der Waals surface area (Å²) in [6.07, 6.45) is 2.19.